The van der Waals surface area contributed by atoms with Gasteiger partial charge in [0.25, 0.3) is 0 Å². The predicted octanol–water partition coefficient (Wildman–Crippen LogP) is 3.35. The molecule has 0 N–H and O–H groups in total. The molecule has 0 saturated carbocycles. The van der Waals surface area contributed by atoms with Gasteiger partial charge in [-0.25, -0.2) is 0 Å². The first kappa shape index (κ1) is 19.2. The van der Waals surface area contributed by atoms with E-state index >= 15 is 0 Å². The molecular formula is C13H27BrO4Si. The average molecular weight is 355 g/mol. The third-order valence-electron chi connectivity index (χ3n) is 3.95. The molecule has 1 unspecified atom stereocenters. The second kappa shape index (κ2) is 9.23. The molecule has 114 valence electrons. The zero-order valence-electron chi connectivity index (χ0n) is 12.7. The van der Waals surface area contributed by atoms with Gasteiger partial charge in [-0.15, -0.1) is 0 Å². The maximum atomic E-state index is 11.3. The molecule has 0 aromatic carbocycles. The van der Waals surface area contributed by atoms with Gasteiger partial charge in [-0.2, -0.15) is 0 Å². The molecule has 0 aromatic rings. The maximum Gasteiger partial charge on any atom is 0.193 e. The molecule has 4 nitrogen and oxygen atoms in total. The van der Waals surface area contributed by atoms with E-state index in [-0.39, 0.29) is 0 Å². The lowest BCUT2D eigenvalue weighted by Gasteiger charge is -2.36. The largest absolute Gasteiger partial charge is 0.407 e. The van der Waals surface area contributed by atoms with Gasteiger partial charge in [0.1, 0.15) is 12.4 Å². The molecular weight excluding hydrogens is 328 g/mol. The fraction of sp³-hybridized carbons (Fsp3) is 0.923. The van der Waals surface area contributed by atoms with Crippen LogP contribution >= 0.6 is 15.9 Å². The average Bonchev–Trinajstić information content (AvgIpc) is 2.49. The molecule has 0 aliphatic rings. The van der Waals surface area contributed by atoms with Gasteiger partial charge in [-0.1, -0.05) is 36.7 Å². The van der Waals surface area contributed by atoms with E-state index in [0.717, 1.165) is 24.4 Å². The Balaban J connectivity index is 4.88. The standard InChI is InChI=1S/C13H27BrO4Si/c1-6-19(7-2,8-3)18-12(10-15)9-13(11-14,16-4)17-5/h10,12H,6-9,11H2,1-5H3. The smallest absolute Gasteiger partial charge is 0.193 e. The SMILES string of the molecule is CC[Si](CC)(CC)OC(C=O)CC(CBr)(OC)OC. The molecule has 0 radical (unpaired) electrons. The molecule has 0 fully saturated rings. The second-order valence-corrected chi connectivity index (χ2v) is 9.98. The quantitative estimate of drug-likeness (QED) is 0.247. The minimum Gasteiger partial charge on any atom is -0.407 e. The van der Waals surface area contributed by atoms with Gasteiger partial charge in [-0.05, 0) is 18.1 Å². The zero-order valence-corrected chi connectivity index (χ0v) is 15.3. The first-order valence-electron chi connectivity index (χ1n) is 6.80. The van der Waals surface area contributed by atoms with Crippen molar-refractivity contribution in [3.05, 3.63) is 0 Å². The summed E-state index contributed by atoms with van der Waals surface area (Å²) in [5.74, 6) is -0.805. The highest BCUT2D eigenvalue weighted by atomic mass is 79.9. The molecule has 19 heavy (non-hydrogen) atoms. The Morgan fingerprint density at radius 1 is 1.16 bits per heavy atom. The monoisotopic (exact) mass is 354 g/mol. The van der Waals surface area contributed by atoms with Crippen LogP contribution in [-0.2, 0) is 18.7 Å². The van der Waals surface area contributed by atoms with Gasteiger partial charge >= 0.3 is 0 Å². The summed E-state index contributed by atoms with van der Waals surface area (Å²) >= 11 is 3.37. The number of carbonyl (C=O) groups is 1. The molecule has 0 aliphatic heterocycles. The molecule has 0 heterocycles. The topological polar surface area (TPSA) is 44.8 Å². The van der Waals surface area contributed by atoms with Crippen LogP contribution in [0.2, 0.25) is 18.1 Å². The first-order valence-corrected chi connectivity index (χ1v) is 10.4. The Labute approximate surface area is 126 Å². The second-order valence-electron chi connectivity index (χ2n) is 4.69. The molecule has 1 atom stereocenters. The zero-order chi connectivity index (χ0) is 14.9. The van der Waals surface area contributed by atoms with Crippen molar-refractivity contribution >= 4 is 30.5 Å². The Morgan fingerprint density at radius 2 is 1.63 bits per heavy atom. The molecule has 0 bridgehead atoms. The van der Waals surface area contributed by atoms with Gasteiger partial charge in [0.2, 0.25) is 0 Å². The number of carbonyl (C=O) groups excluding carboxylic acids is 1. The number of rotatable bonds is 11. The van der Waals surface area contributed by atoms with E-state index in [9.17, 15) is 4.79 Å². The van der Waals surface area contributed by atoms with E-state index in [0.29, 0.717) is 11.8 Å². The lowest BCUT2D eigenvalue weighted by Crippen LogP contribution is -2.46. The van der Waals surface area contributed by atoms with Crippen LogP contribution < -0.4 is 0 Å². The Hall–Kier alpha value is 0.247. The summed E-state index contributed by atoms with van der Waals surface area (Å²) in [5, 5.41) is 0.500. The van der Waals surface area contributed by atoms with Gasteiger partial charge in [0.15, 0.2) is 14.1 Å². The number of hydrogen-bond donors (Lipinski definition) is 0. The van der Waals surface area contributed by atoms with Crippen molar-refractivity contribution in [2.45, 2.75) is 57.2 Å². The normalized spacial score (nSPS) is 14.4. The van der Waals surface area contributed by atoms with Crippen molar-refractivity contribution in [2.24, 2.45) is 0 Å². The third kappa shape index (κ3) is 5.26. The Morgan fingerprint density at radius 3 is 1.89 bits per heavy atom. The molecule has 0 amide bonds. The lowest BCUT2D eigenvalue weighted by atomic mass is 10.1. The summed E-state index contributed by atoms with van der Waals surface area (Å²) in [4.78, 5) is 11.3. The molecule has 0 saturated heterocycles. The Bertz CT molecular complexity index is 216. The van der Waals surface area contributed by atoms with Gasteiger partial charge in [0, 0.05) is 20.6 Å². The van der Waals surface area contributed by atoms with Gasteiger partial charge < -0.3 is 18.7 Å². The van der Waals surface area contributed by atoms with Crippen molar-refractivity contribution < 1.29 is 18.7 Å². The van der Waals surface area contributed by atoms with Crippen LogP contribution in [0.5, 0.6) is 0 Å². The highest BCUT2D eigenvalue weighted by Crippen LogP contribution is 2.28. The van der Waals surface area contributed by atoms with E-state index < -0.39 is 20.2 Å². The van der Waals surface area contributed by atoms with E-state index in [2.05, 4.69) is 36.7 Å². The number of ether oxygens (including phenoxy) is 2. The first-order chi connectivity index (χ1) is 9.00. The minimum absolute atomic E-state index is 0.406. The summed E-state index contributed by atoms with van der Waals surface area (Å²) < 4.78 is 17.0. The van der Waals surface area contributed by atoms with Crippen LogP contribution in [0.15, 0.2) is 0 Å². The fourth-order valence-electron chi connectivity index (χ4n) is 2.16. The van der Waals surface area contributed by atoms with Crippen molar-refractivity contribution in [1.29, 1.82) is 0 Å². The number of aldehydes is 1. The van der Waals surface area contributed by atoms with E-state index in [1.807, 2.05) is 0 Å². The van der Waals surface area contributed by atoms with Crippen molar-refractivity contribution in [3.63, 3.8) is 0 Å². The van der Waals surface area contributed by atoms with Crippen molar-refractivity contribution in [2.75, 3.05) is 19.5 Å². The molecule has 0 aliphatic carbocycles. The minimum atomic E-state index is -1.80. The highest BCUT2D eigenvalue weighted by Gasteiger charge is 2.37. The van der Waals surface area contributed by atoms with Gasteiger partial charge in [0.05, 0.1) is 5.33 Å². The van der Waals surface area contributed by atoms with Crippen LogP contribution in [0, 0.1) is 0 Å². The highest BCUT2D eigenvalue weighted by molar-refractivity contribution is 9.09. The summed E-state index contributed by atoms with van der Waals surface area (Å²) in [6.07, 6.45) is 0.811. The van der Waals surface area contributed by atoms with Crippen LogP contribution in [0.25, 0.3) is 0 Å². The fourth-order valence-corrected chi connectivity index (χ4v) is 5.63. The Kier molecular flexibility index (Phi) is 9.35. The number of halogens is 1. The third-order valence-corrected chi connectivity index (χ3v) is 9.47. The van der Waals surface area contributed by atoms with Crippen molar-refractivity contribution in [1.82, 2.24) is 0 Å². The summed E-state index contributed by atoms with van der Waals surface area (Å²) in [6.45, 7) is 6.43. The van der Waals surface area contributed by atoms with E-state index in [1.54, 1.807) is 14.2 Å². The molecule has 0 spiro atoms. The summed E-state index contributed by atoms with van der Waals surface area (Å²) in [5.41, 5.74) is 0. The maximum absolute atomic E-state index is 11.3. The lowest BCUT2D eigenvalue weighted by molar-refractivity contribution is -0.202. The van der Waals surface area contributed by atoms with Crippen LogP contribution in [-0.4, -0.2) is 46.0 Å². The summed E-state index contributed by atoms with van der Waals surface area (Å²) in [6, 6.07) is 3.06. The van der Waals surface area contributed by atoms with E-state index in [4.69, 9.17) is 13.9 Å². The van der Waals surface area contributed by atoms with Crippen LogP contribution in [0.3, 0.4) is 0 Å². The number of alkyl halides is 1. The number of methoxy groups -OCH3 is 2. The van der Waals surface area contributed by atoms with Crippen LogP contribution in [0.4, 0.5) is 0 Å². The molecule has 0 aromatic heterocycles. The molecule has 6 heteroatoms. The van der Waals surface area contributed by atoms with Crippen molar-refractivity contribution in [3.8, 4) is 0 Å². The molecule has 0 rings (SSSR count). The van der Waals surface area contributed by atoms with Gasteiger partial charge in [-0.3, -0.25) is 0 Å². The van der Waals surface area contributed by atoms with Crippen LogP contribution in [0.1, 0.15) is 27.2 Å². The number of hydrogen-bond acceptors (Lipinski definition) is 4. The van der Waals surface area contributed by atoms with E-state index in [1.165, 1.54) is 0 Å². The predicted molar refractivity (Wildman–Crippen MR) is 83.3 cm³/mol. The summed E-state index contributed by atoms with van der Waals surface area (Å²) in [7, 11) is 1.36.